The van der Waals surface area contributed by atoms with E-state index in [1.807, 2.05) is 12.1 Å². The molecule has 27 heavy (non-hydrogen) atoms. The van der Waals surface area contributed by atoms with E-state index < -0.39 is 0 Å². The number of nitrogens with one attached hydrogen (secondary N) is 3. The first-order valence-electron chi connectivity index (χ1n) is 9.80. The van der Waals surface area contributed by atoms with Crippen LogP contribution >= 0.6 is 0 Å². The molecule has 1 fully saturated rings. The maximum atomic E-state index is 4.80. The van der Waals surface area contributed by atoms with Crippen molar-refractivity contribution in [2.45, 2.75) is 46.3 Å². The predicted octanol–water partition coefficient (Wildman–Crippen LogP) is 2.26. The zero-order valence-corrected chi connectivity index (χ0v) is 16.7. The number of guanidine groups is 1. The Morgan fingerprint density at radius 1 is 1.37 bits per heavy atom. The molecule has 0 saturated carbocycles. The summed E-state index contributed by atoms with van der Waals surface area (Å²) in [6.07, 6.45) is 1.52. The first kappa shape index (κ1) is 19.4. The van der Waals surface area contributed by atoms with Crippen LogP contribution in [0.3, 0.4) is 0 Å². The number of likely N-dealkylation sites (tertiary alicyclic amines) is 1. The predicted molar refractivity (Wildman–Crippen MR) is 109 cm³/mol. The third-order valence-corrected chi connectivity index (χ3v) is 5.07. The summed E-state index contributed by atoms with van der Waals surface area (Å²) < 4.78 is 0. The average molecular weight is 370 g/mol. The number of rotatable bonds is 6. The van der Waals surface area contributed by atoms with Crippen LogP contribution in [0.2, 0.25) is 0 Å². The van der Waals surface area contributed by atoms with Gasteiger partial charge in [0.25, 0.3) is 0 Å². The molecular weight excluding hydrogens is 338 g/mol. The van der Waals surface area contributed by atoms with Crippen molar-refractivity contribution in [2.24, 2.45) is 10.9 Å². The van der Waals surface area contributed by atoms with Gasteiger partial charge >= 0.3 is 0 Å². The molecule has 1 aliphatic rings. The van der Waals surface area contributed by atoms with Gasteiger partial charge in [-0.1, -0.05) is 25.1 Å². The standard InChI is InChI=1S/C20H31N7/c1-5-21-20(25-18-12-27(14(2)3)11-15(18)4)22-10-16-7-6-8-17(9-16)19-23-13-24-26-19/h6-9,13-15,18H,5,10-12H2,1-4H3,(H2,21,22,25)(H,23,24,26). The maximum absolute atomic E-state index is 4.80. The fourth-order valence-electron chi connectivity index (χ4n) is 3.44. The van der Waals surface area contributed by atoms with Crippen molar-refractivity contribution in [3.8, 4) is 11.4 Å². The van der Waals surface area contributed by atoms with Gasteiger partial charge in [-0.2, -0.15) is 5.10 Å². The van der Waals surface area contributed by atoms with Crippen molar-refractivity contribution in [1.29, 1.82) is 0 Å². The van der Waals surface area contributed by atoms with Crippen molar-refractivity contribution < 1.29 is 0 Å². The van der Waals surface area contributed by atoms with Gasteiger partial charge in [-0.05, 0) is 38.3 Å². The van der Waals surface area contributed by atoms with Crippen molar-refractivity contribution in [3.63, 3.8) is 0 Å². The van der Waals surface area contributed by atoms with E-state index in [1.165, 1.54) is 6.33 Å². The van der Waals surface area contributed by atoms with Crippen LogP contribution in [0.1, 0.15) is 33.3 Å². The molecule has 1 aliphatic heterocycles. The van der Waals surface area contributed by atoms with Crippen LogP contribution in [-0.2, 0) is 6.54 Å². The highest BCUT2D eigenvalue weighted by atomic mass is 15.3. The second-order valence-electron chi connectivity index (χ2n) is 7.51. The monoisotopic (exact) mass is 369 g/mol. The van der Waals surface area contributed by atoms with E-state index >= 15 is 0 Å². The Morgan fingerprint density at radius 2 is 2.22 bits per heavy atom. The molecule has 1 aromatic heterocycles. The number of hydrogen-bond acceptors (Lipinski definition) is 4. The van der Waals surface area contributed by atoms with Crippen LogP contribution < -0.4 is 10.6 Å². The second-order valence-corrected chi connectivity index (χ2v) is 7.51. The minimum Gasteiger partial charge on any atom is -0.357 e. The summed E-state index contributed by atoms with van der Waals surface area (Å²) in [7, 11) is 0. The lowest BCUT2D eigenvalue weighted by Gasteiger charge is -2.22. The number of benzene rings is 1. The minimum absolute atomic E-state index is 0.422. The maximum Gasteiger partial charge on any atom is 0.191 e. The molecule has 2 aromatic rings. The number of hydrogen-bond donors (Lipinski definition) is 3. The molecule has 3 rings (SSSR count). The van der Waals surface area contributed by atoms with E-state index in [0.29, 0.717) is 24.5 Å². The first-order chi connectivity index (χ1) is 13.1. The smallest absolute Gasteiger partial charge is 0.191 e. The molecule has 2 heterocycles. The molecule has 2 unspecified atom stereocenters. The van der Waals surface area contributed by atoms with Crippen molar-refractivity contribution >= 4 is 5.96 Å². The highest BCUT2D eigenvalue weighted by molar-refractivity contribution is 5.80. The van der Waals surface area contributed by atoms with Gasteiger partial charge in [-0.15, -0.1) is 0 Å². The van der Waals surface area contributed by atoms with Crippen LogP contribution in [-0.4, -0.2) is 57.8 Å². The first-order valence-corrected chi connectivity index (χ1v) is 9.80. The van der Waals surface area contributed by atoms with Gasteiger partial charge < -0.3 is 10.6 Å². The largest absolute Gasteiger partial charge is 0.357 e. The van der Waals surface area contributed by atoms with Gasteiger partial charge in [0.15, 0.2) is 11.8 Å². The molecule has 0 bridgehead atoms. The van der Waals surface area contributed by atoms with Gasteiger partial charge in [0, 0.05) is 37.3 Å². The third kappa shape index (κ3) is 5.07. The number of H-pyrrole nitrogens is 1. The van der Waals surface area contributed by atoms with Gasteiger partial charge in [-0.25, -0.2) is 9.98 Å². The van der Waals surface area contributed by atoms with E-state index in [9.17, 15) is 0 Å². The Kier molecular flexibility index (Phi) is 6.45. The summed E-state index contributed by atoms with van der Waals surface area (Å²) in [5.41, 5.74) is 2.17. The average Bonchev–Trinajstić information content (AvgIpc) is 3.31. The van der Waals surface area contributed by atoms with Crippen molar-refractivity contribution in [2.75, 3.05) is 19.6 Å². The summed E-state index contributed by atoms with van der Waals surface area (Å²) in [5, 5.41) is 13.8. The number of nitrogens with zero attached hydrogens (tertiary/aromatic N) is 4. The molecule has 0 spiro atoms. The molecule has 0 amide bonds. The second kappa shape index (κ2) is 8.99. The summed E-state index contributed by atoms with van der Waals surface area (Å²) in [6, 6.07) is 9.25. The molecule has 3 N–H and O–H groups in total. The highest BCUT2D eigenvalue weighted by Gasteiger charge is 2.31. The van der Waals surface area contributed by atoms with Gasteiger partial charge in [0.1, 0.15) is 6.33 Å². The van der Waals surface area contributed by atoms with Crippen LogP contribution in [0.15, 0.2) is 35.6 Å². The molecule has 1 saturated heterocycles. The fourth-order valence-corrected chi connectivity index (χ4v) is 3.44. The third-order valence-electron chi connectivity index (χ3n) is 5.07. The molecule has 7 heteroatoms. The van der Waals surface area contributed by atoms with Crippen LogP contribution in [0, 0.1) is 5.92 Å². The summed E-state index contributed by atoms with van der Waals surface area (Å²) >= 11 is 0. The Morgan fingerprint density at radius 3 is 2.89 bits per heavy atom. The van der Waals surface area contributed by atoms with E-state index in [1.54, 1.807) is 0 Å². The number of aromatic amines is 1. The van der Waals surface area contributed by atoms with E-state index in [0.717, 1.165) is 42.5 Å². The van der Waals surface area contributed by atoms with Gasteiger partial charge in [0.2, 0.25) is 0 Å². The Hall–Kier alpha value is -2.41. The number of aromatic nitrogens is 3. The summed E-state index contributed by atoms with van der Waals surface area (Å²) in [4.78, 5) is 11.5. The minimum atomic E-state index is 0.422. The lowest BCUT2D eigenvalue weighted by atomic mass is 10.1. The molecular formula is C20H31N7. The SMILES string of the molecule is CCNC(=NCc1cccc(-c2ncn[nH]2)c1)NC1CN(C(C)C)CC1C. The van der Waals surface area contributed by atoms with Gasteiger partial charge in [0.05, 0.1) is 6.54 Å². The number of aliphatic imine (C=N–C) groups is 1. The summed E-state index contributed by atoms with van der Waals surface area (Å²) in [6.45, 7) is 12.6. The van der Waals surface area contributed by atoms with Crippen LogP contribution in [0.25, 0.3) is 11.4 Å². The van der Waals surface area contributed by atoms with Gasteiger partial charge in [-0.3, -0.25) is 10.00 Å². The molecule has 0 radical (unpaired) electrons. The zero-order chi connectivity index (χ0) is 19.2. The lowest BCUT2D eigenvalue weighted by molar-refractivity contribution is 0.265. The van der Waals surface area contributed by atoms with E-state index in [4.69, 9.17) is 4.99 Å². The molecule has 0 aliphatic carbocycles. The Labute approximate surface area is 161 Å². The normalized spacial score (nSPS) is 21.0. The highest BCUT2D eigenvalue weighted by Crippen LogP contribution is 2.19. The van der Waals surface area contributed by atoms with E-state index in [2.05, 4.69) is 70.5 Å². The molecule has 7 nitrogen and oxygen atoms in total. The van der Waals surface area contributed by atoms with E-state index in [-0.39, 0.29) is 0 Å². The van der Waals surface area contributed by atoms with Crippen LogP contribution in [0.4, 0.5) is 0 Å². The molecule has 1 aromatic carbocycles. The van der Waals surface area contributed by atoms with Crippen molar-refractivity contribution in [1.82, 2.24) is 30.7 Å². The fraction of sp³-hybridized carbons (Fsp3) is 0.550. The van der Waals surface area contributed by atoms with Crippen molar-refractivity contribution in [3.05, 3.63) is 36.2 Å². The molecule has 2 atom stereocenters. The van der Waals surface area contributed by atoms with Crippen LogP contribution in [0.5, 0.6) is 0 Å². The quantitative estimate of drug-likeness (QED) is 0.537. The molecule has 146 valence electrons. The topological polar surface area (TPSA) is 81.2 Å². The zero-order valence-electron chi connectivity index (χ0n) is 16.7. The Bertz CT molecular complexity index is 739. The Balaban J connectivity index is 1.67. The summed E-state index contributed by atoms with van der Waals surface area (Å²) in [5.74, 6) is 2.26. The lowest BCUT2D eigenvalue weighted by Crippen LogP contribution is -2.46.